The van der Waals surface area contributed by atoms with Gasteiger partial charge in [0.1, 0.15) is 0 Å². The second-order valence-electron chi connectivity index (χ2n) is 6.77. The number of rotatable bonds is 3. The van der Waals surface area contributed by atoms with Crippen LogP contribution < -0.4 is 0 Å². The van der Waals surface area contributed by atoms with Crippen LogP contribution >= 0.6 is 0 Å². The molecule has 2 heterocycles. The van der Waals surface area contributed by atoms with Crippen LogP contribution in [-0.2, 0) is 4.79 Å². The van der Waals surface area contributed by atoms with Gasteiger partial charge in [0.25, 0.3) is 0 Å². The number of aliphatic carboxylic acids is 1. The summed E-state index contributed by atoms with van der Waals surface area (Å²) in [5, 5.41) is 19.4. The number of likely N-dealkylation sites (tertiary alicyclic amines) is 2. The number of hydrogen-bond acceptors (Lipinski definition) is 3. The largest absolute Gasteiger partial charge is 0.481 e. The number of urea groups is 1. The van der Waals surface area contributed by atoms with Crippen LogP contribution in [0.2, 0.25) is 0 Å². The molecule has 2 fully saturated rings. The van der Waals surface area contributed by atoms with E-state index in [1.165, 1.54) is 0 Å². The molecule has 1 atom stereocenters. The summed E-state index contributed by atoms with van der Waals surface area (Å²) in [5.74, 6) is -0.791. The minimum absolute atomic E-state index is 0.0790. The first-order valence-electron chi connectivity index (χ1n) is 7.79. The van der Waals surface area contributed by atoms with E-state index in [1.54, 1.807) is 16.7 Å². The first-order chi connectivity index (χ1) is 9.80. The van der Waals surface area contributed by atoms with Crippen molar-refractivity contribution in [3.63, 3.8) is 0 Å². The molecule has 0 bridgehead atoms. The number of amides is 2. The van der Waals surface area contributed by atoms with Crippen molar-refractivity contribution in [2.45, 2.75) is 51.6 Å². The second-order valence-corrected chi connectivity index (χ2v) is 6.77. The van der Waals surface area contributed by atoms with Crippen LogP contribution in [0.3, 0.4) is 0 Å². The molecule has 1 unspecified atom stereocenters. The van der Waals surface area contributed by atoms with Crippen molar-refractivity contribution >= 4 is 12.0 Å². The molecule has 2 N–H and O–H groups in total. The van der Waals surface area contributed by atoms with E-state index in [9.17, 15) is 19.8 Å². The molecule has 2 amide bonds. The molecule has 2 saturated heterocycles. The van der Waals surface area contributed by atoms with E-state index in [0.29, 0.717) is 51.9 Å². The van der Waals surface area contributed by atoms with Crippen molar-refractivity contribution in [2.24, 2.45) is 5.41 Å². The quantitative estimate of drug-likeness (QED) is 0.828. The lowest BCUT2D eigenvalue weighted by molar-refractivity contribution is -0.148. The number of carbonyl (C=O) groups excluding carboxylic acids is 1. The first-order valence-corrected chi connectivity index (χ1v) is 7.79. The molecule has 0 aromatic carbocycles. The van der Waals surface area contributed by atoms with E-state index in [4.69, 9.17) is 0 Å². The van der Waals surface area contributed by atoms with Crippen molar-refractivity contribution in [1.82, 2.24) is 9.80 Å². The molecule has 0 saturated carbocycles. The van der Waals surface area contributed by atoms with Crippen molar-refractivity contribution in [1.29, 1.82) is 0 Å². The van der Waals surface area contributed by atoms with Crippen molar-refractivity contribution in [2.75, 3.05) is 26.2 Å². The predicted molar refractivity (Wildman–Crippen MR) is 78.0 cm³/mol. The number of hydrogen-bond donors (Lipinski definition) is 2. The summed E-state index contributed by atoms with van der Waals surface area (Å²) < 4.78 is 0. The lowest BCUT2D eigenvalue weighted by Gasteiger charge is -2.37. The van der Waals surface area contributed by atoms with Gasteiger partial charge in [-0.2, -0.15) is 0 Å². The van der Waals surface area contributed by atoms with Gasteiger partial charge in [0.2, 0.25) is 0 Å². The third-order valence-electron chi connectivity index (χ3n) is 4.92. The summed E-state index contributed by atoms with van der Waals surface area (Å²) in [5.41, 5.74) is -1.46. The zero-order valence-electron chi connectivity index (χ0n) is 13.0. The van der Waals surface area contributed by atoms with Crippen molar-refractivity contribution in [3.05, 3.63) is 0 Å². The van der Waals surface area contributed by atoms with Gasteiger partial charge < -0.3 is 20.0 Å². The standard InChI is InChI=1S/C15H26N2O4/c1-3-4-15(12(18)19)7-10-17(11-15)13(20)16-8-5-14(2,21)6-9-16/h21H,3-11H2,1-2H3,(H,18,19). The second kappa shape index (κ2) is 5.83. The monoisotopic (exact) mass is 298 g/mol. The highest BCUT2D eigenvalue weighted by atomic mass is 16.4. The van der Waals surface area contributed by atoms with E-state index in [2.05, 4.69) is 0 Å². The van der Waals surface area contributed by atoms with Crippen molar-refractivity contribution in [3.8, 4) is 0 Å². The molecule has 0 aliphatic carbocycles. The lowest BCUT2D eigenvalue weighted by Crippen LogP contribution is -2.50. The maximum atomic E-state index is 12.5. The van der Waals surface area contributed by atoms with Gasteiger partial charge >= 0.3 is 12.0 Å². The van der Waals surface area contributed by atoms with Gasteiger partial charge in [-0.05, 0) is 32.6 Å². The highest BCUT2D eigenvalue weighted by Crippen LogP contribution is 2.36. The van der Waals surface area contributed by atoms with Crippen molar-refractivity contribution < 1.29 is 19.8 Å². The fourth-order valence-corrected chi connectivity index (χ4v) is 3.38. The molecule has 2 aliphatic heterocycles. The average Bonchev–Trinajstić information content (AvgIpc) is 2.84. The summed E-state index contributed by atoms with van der Waals surface area (Å²) in [6.07, 6.45) is 3.10. The van der Waals surface area contributed by atoms with Gasteiger partial charge in [0.05, 0.1) is 11.0 Å². The van der Waals surface area contributed by atoms with E-state index in [0.717, 1.165) is 6.42 Å². The molecule has 0 radical (unpaired) electrons. The highest BCUT2D eigenvalue weighted by Gasteiger charge is 2.46. The number of carbonyl (C=O) groups is 2. The molecule has 21 heavy (non-hydrogen) atoms. The lowest BCUT2D eigenvalue weighted by atomic mass is 9.83. The molecule has 6 heteroatoms. The summed E-state index contributed by atoms with van der Waals surface area (Å²) in [6, 6.07) is -0.0790. The smallest absolute Gasteiger partial charge is 0.320 e. The molecule has 0 aromatic heterocycles. The minimum Gasteiger partial charge on any atom is -0.481 e. The molecular formula is C15H26N2O4. The van der Waals surface area contributed by atoms with Crippen LogP contribution in [0, 0.1) is 5.41 Å². The molecule has 0 aromatic rings. The van der Waals surface area contributed by atoms with Gasteiger partial charge in [-0.15, -0.1) is 0 Å². The molecule has 2 aliphatic rings. The van der Waals surface area contributed by atoms with Gasteiger partial charge in [-0.3, -0.25) is 4.79 Å². The fourth-order valence-electron chi connectivity index (χ4n) is 3.38. The Labute approximate surface area is 125 Å². The van der Waals surface area contributed by atoms with Crippen LogP contribution in [-0.4, -0.2) is 63.8 Å². The van der Waals surface area contributed by atoms with Crippen LogP contribution in [0.1, 0.15) is 46.0 Å². The fraction of sp³-hybridized carbons (Fsp3) is 0.867. The Bertz CT molecular complexity index is 414. The van der Waals surface area contributed by atoms with Crippen LogP contribution in [0.25, 0.3) is 0 Å². The summed E-state index contributed by atoms with van der Waals surface area (Å²) in [7, 11) is 0. The van der Waals surface area contributed by atoms with Crippen LogP contribution in [0.15, 0.2) is 0 Å². The van der Waals surface area contributed by atoms with E-state index >= 15 is 0 Å². The Kier molecular flexibility index (Phi) is 4.46. The maximum absolute atomic E-state index is 12.5. The Morgan fingerprint density at radius 3 is 2.19 bits per heavy atom. The Hall–Kier alpha value is -1.30. The first kappa shape index (κ1) is 16.1. The van der Waals surface area contributed by atoms with E-state index < -0.39 is 17.0 Å². The number of carboxylic acids is 1. The third kappa shape index (κ3) is 3.31. The predicted octanol–water partition coefficient (Wildman–Crippen LogP) is 1.53. The SMILES string of the molecule is CCCC1(C(=O)O)CCN(C(=O)N2CCC(C)(O)CC2)C1. The Morgan fingerprint density at radius 1 is 1.10 bits per heavy atom. The average molecular weight is 298 g/mol. The molecule has 120 valence electrons. The van der Waals surface area contributed by atoms with Crippen LogP contribution in [0.4, 0.5) is 4.79 Å². The maximum Gasteiger partial charge on any atom is 0.320 e. The molecule has 2 rings (SSSR count). The molecule has 0 spiro atoms. The number of carboxylic acid groups (broad SMARTS) is 1. The topological polar surface area (TPSA) is 81.1 Å². The Morgan fingerprint density at radius 2 is 1.67 bits per heavy atom. The zero-order valence-corrected chi connectivity index (χ0v) is 13.0. The summed E-state index contributed by atoms with van der Waals surface area (Å²) >= 11 is 0. The number of nitrogens with zero attached hydrogens (tertiary/aromatic N) is 2. The highest BCUT2D eigenvalue weighted by molar-refractivity contribution is 5.80. The zero-order chi connectivity index (χ0) is 15.7. The van der Waals surface area contributed by atoms with Crippen LogP contribution in [0.5, 0.6) is 0 Å². The number of piperidine rings is 1. The number of aliphatic hydroxyl groups is 1. The van der Waals surface area contributed by atoms with E-state index in [1.807, 2.05) is 6.92 Å². The van der Waals surface area contributed by atoms with Gasteiger partial charge in [-0.25, -0.2) is 4.79 Å². The molecular weight excluding hydrogens is 272 g/mol. The van der Waals surface area contributed by atoms with E-state index in [-0.39, 0.29) is 6.03 Å². The summed E-state index contributed by atoms with van der Waals surface area (Å²) in [4.78, 5) is 27.5. The van der Waals surface area contributed by atoms with Gasteiger partial charge in [0.15, 0.2) is 0 Å². The van der Waals surface area contributed by atoms with Gasteiger partial charge in [0, 0.05) is 26.2 Å². The Balaban J connectivity index is 1.97. The summed E-state index contributed by atoms with van der Waals surface area (Å²) in [6.45, 7) is 5.66. The molecule has 6 nitrogen and oxygen atoms in total. The minimum atomic E-state index is -0.791. The third-order valence-corrected chi connectivity index (χ3v) is 4.92. The normalized spacial score (nSPS) is 28.7. The van der Waals surface area contributed by atoms with Gasteiger partial charge in [-0.1, -0.05) is 13.3 Å².